The number of benzene rings is 7. The summed E-state index contributed by atoms with van der Waals surface area (Å²) in [6, 6.07) is 54.5. The Labute approximate surface area is 307 Å². The number of hydrogen-bond acceptors (Lipinski definition) is 1. The molecule has 7 aromatic rings. The summed E-state index contributed by atoms with van der Waals surface area (Å²) in [5.41, 5.74) is 10.4. The molecule has 1 nitrogen and oxygen atoms in total. The molecule has 2 aliphatic rings. The first-order chi connectivity index (χ1) is 26.3. The molecular weight excluding hydrogens is 603 g/mol. The van der Waals surface area contributed by atoms with Crippen LogP contribution in [0.15, 0.2) is 164 Å². The number of rotatable bonds is 5. The maximum Gasteiger partial charge on any atom is 0.0467 e. The van der Waals surface area contributed by atoms with Crippen LogP contribution in [-0.2, 0) is 10.8 Å². The summed E-state index contributed by atoms with van der Waals surface area (Å²) in [6.07, 6.45) is 0. The van der Waals surface area contributed by atoms with Gasteiger partial charge in [0.05, 0.1) is 0 Å². The zero-order chi connectivity index (χ0) is 38.3. The van der Waals surface area contributed by atoms with Crippen molar-refractivity contribution in [2.24, 2.45) is 0 Å². The van der Waals surface area contributed by atoms with Crippen LogP contribution in [-0.4, -0.2) is 0 Å². The van der Waals surface area contributed by atoms with E-state index in [9.17, 15) is 0 Å². The van der Waals surface area contributed by atoms with Gasteiger partial charge in [0.15, 0.2) is 0 Å². The van der Waals surface area contributed by atoms with Crippen molar-refractivity contribution in [1.82, 2.24) is 0 Å². The van der Waals surface area contributed by atoms with Gasteiger partial charge in [0.25, 0.3) is 0 Å². The van der Waals surface area contributed by atoms with Crippen LogP contribution in [0.5, 0.6) is 0 Å². The van der Waals surface area contributed by atoms with E-state index in [-0.39, 0.29) is 19.8 Å². The molecular formula is C49H45N. The SMILES string of the molecule is C.[2H]C([2H])([2H])C1(C([2H])([2H])[2H])c2cc(N(c3cccc(-c4ccccc4)c3)c3ccc4c(c3)C(C)(C)c3ccccc3-4)ccc2-c2c(-c3ccccc3)cccc21.[HH]. The van der Waals surface area contributed by atoms with Gasteiger partial charge in [-0.2, -0.15) is 0 Å². The predicted molar refractivity (Wildman–Crippen MR) is 216 cm³/mol. The van der Waals surface area contributed by atoms with E-state index < -0.39 is 19.1 Å². The summed E-state index contributed by atoms with van der Waals surface area (Å²) in [5.74, 6) is 0. The lowest BCUT2D eigenvalue weighted by molar-refractivity contribution is 0.660. The standard InChI is InChI=1S/C48H39N.CH4.H2/c1-47(2)42-23-12-11-21-39(42)40-27-25-36(30-44(40)47)49(35-20-13-19-34(29-35)32-15-7-5-8-16-32)37-26-28-41-45(31-37)48(3,4)43-24-14-22-38(46(41)43)33-17-9-6-10-18-33;;/h5-31H,1-4H3;1H4;1H/i3D3,4D3;;. The fourth-order valence-corrected chi connectivity index (χ4v) is 8.09. The molecule has 50 heavy (non-hydrogen) atoms. The van der Waals surface area contributed by atoms with Crippen molar-refractivity contribution >= 4 is 17.1 Å². The van der Waals surface area contributed by atoms with Gasteiger partial charge in [-0.3, -0.25) is 0 Å². The van der Waals surface area contributed by atoms with Gasteiger partial charge in [0.2, 0.25) is 0 Å². The van der Waals surface area contributed by atoms with Crippen molar-refractivity contribution in [3.05, 3.63) is 186 Å². The molecule has 9 rings (SSSR count). The third-order valence-electron chi connectivity index (χ3n) is 10.5. The molecule has 0 radical (unpaired) electrons. The molecule has 0 atom stereocenters. The Morgan fingerprint density at radius 1 is 0.420 bits per heavy atom. The molecule has 1 heteroatoms. The van der Waals surface area contributed by atoms with E-state index in [1.165, 1.54) is 22.3 Å². The van der Waals surface area contributed by atoms with Gasteiger partial charge in [-0.25, -0.2) is 0 Å². The van der Waals surface area contributed by atoms with Crippen molar-refractivity contribution < 1.29 is 9.65 Å². The zero-order valence-corrected chi connectivity index (χ0v) is 27.5. The lowest BCUT2D eigenvalue weighted by Gasteiger charge is -2.30. The third-order valence-corrected chi connectivity index (χ3v) is 10.5. The van der Waals surface area contributed by atoms with Crippen LogP contribution in [0.4, 0.5) is 17.1 Å². The highest BCUT2D eigenvalue weighted by Crippen LogP contribution is 2.55. The second kappa shape index (κ2) is 11.7. The molecule has 0 aromatic heterocycles. The monoisotopic (exact) mass is 653 g/mol. The molecule has 0 saturated carbocycles. The van der Waals surface area contributed by atoms with Crippen LogP contribution < -0.4 is 4.90 Å². The van der Waals surface area contributed by atoms with Crippen LogP contribution in [0, 0.1) is 0 Å². The van der Waals surface area contributed by atoms with Crippen LogP contribution in [0.25, 0.3) is 44.5 Å². The third kappa shape index (κ3) is 4.76. The highest BCUT2D eigenvalue weighted by atomic mass is 15.1. The quantitative estimate of drug-likeness (QED) is 0.179. The molecule has 0 spiro atoms. The second-order valence-electron chi connectivity index (χ2n) is 13.7. The first-order valence-electron chi connectivity index (χ1n) is 19.9. The normalized spacial score (nSPS) is 16.4. The molecule has 0 aliphatic heterocycles. The fourth-order valence-electron chi connectivity index (χ4n) is 8.09. The lowest BCUT2D eigenvalue weighted by atomic mass is 9.81. The Balaban J connectivity index is 0.00000248. The minimum absolute atomic E-state index is 0. The van der Waals surface area contributed by atoms with Crippen molar-refractivity contribution in [3.63, 3.8) is 0 Å². The summed E-state index contributed by atoms with van der Waals surface area (Å²) in [5, 5.41) is 0. The van der Waals surface area contributed by atoms with Crippen molar-refractivity contribution in [2.45, 2.75) is 45.8 Å². The minimum atomic E-state index is -2.91. The van der Waals surface area contributed by atoms with E-state index >= 15 is 0 Å². The molecule has 7 aromatic carbocycles. The number of nitrogens with zero attached hydrogens (tertiary/aromatic N) is 1. The molecule has 0 saturated heterocycles. The van der Waals surface area contributed by atoms with Gasteiger partial charge in [-0.1, -0.05) is 162 Å². The van der Waals surface area contributed by atoms with E-state index in [4.69, 9.17) is 8.22 Å². The van der Waals surface area contributed by atoms with E-state index in [1.807, 2.05) is 78.9 Å². The van der Waals surface area contributed by atoms with Gasteiger partial charge in [0, 0.05) is 37.5 Å². The van der Waals surface area contributed by atoms with Crippen molar-refractivity contribution in [3.8, 4) is 44.5 Å². The van der Waals surface area contributed by atoms with Crippen LogP contribution >= 0.6 is 0 Å². The first-order valence-corrected chi connectivity index (χ1v) is 16.9. The lowest BCUT2D eigenvalue weighted by Crippen LogP contribution is -2.18. The maximum atomic E-state index is 9.05. The fraction of sp³-hybridized carbons (Fsp3) is 0.143. The Kier molecular flexibility index (Phi) is 5.95. The highest BCUT2D eigenvalue weighted by Gasteiger charge is 2.38. The molecule has 0 fully saturated rings. The predicted octanol–water partition coefficient (Wildman–Crippen LogP) is 14.0. The molecule has 0 N–H and O–H groups in total. The van der Waals surface area contributed by atoms with Gasteiger partial charge < -0.3 is 4.90 Å². The Hall–Kier alpha value is -5.66. The van der Waals surface area contributed by atoms with E-state index in [2.05, 4.69) is 91.5 Å². The summed E-state index contributed by atoms with van der Waals surface area (Å²) >= 11 is 0. The minimum Gasteiger partial charge on any atom is -0.310 e. The van der Waals surface area contributed by atoms with Crippen LogP contribution in [0.3, 0.4) is 0 Å². The summed E-state index contributed by atoms with van der Waals surface area (Å²) in [4.78, 5) is 2.14. The van der Waals surface area contributed by atoms with Crippen molar-refractivity contribution in [1.29, 1.82) is 0 Å². The van der Waals surface area contributed by atoms with Crippen LogP contribution in [0.2, 0.25) is 0 Å². The van der Waals surface area contributed by atoms with Gasteiger partial charge in [-0.05, 0) is 103 Å². The number of fused-ring (bicyclic) bond motifs is 6. The molecule has 0 heterocycles. The molecule has 0 amide bonds. The summed E-state index contributed by atoms with van der Waals surface area (Å²) < 4.78 is 54.3. The Bertz CT molecular complexity index is 2590. The molecule has 2 aliphatic carbocycles. The van der Waals surface area contributed by atoms with E-state index in [0.717, 1.165) is 33.6 Å². The van der Waals surface area contributed by atoms with E-state index in [1.54, 1.807) is 12.1 Å². The summed E-state index contributed by atoms with van der Waals surface area (Å²) in [6.45, 7) is -1.32. The molecule has 0 bridgehead atoms. The average Bonchev–Trinajstić information content (AvgIpc) is 3.62. The topological polar surface area (TPSA) is 3.24 Å². The van der Waals surface area contributed by atoms with Gasteiger partial charge >= 0.3 is 0 Å². The highest BCUT2D eigenvalue weighted by molar-refractivity contribution is 5.94. The van der Waals surface area contributed by atoms with Gasteiger partial charge in [-0.15, -0.1) is 0 Å². The molecule has 246 valence electrons. The number of hydrogen-bond donors (Lipinski definition) is 0. The Morgan fingerprint density at radius 3 is 1.66 bits per heavy atom. The second-order valence-corrected chi connectivity index (χ2v) is 13.7. The van der Waals surface area contributed by atoms with Crippen LogP contribution in [0.1, 0.15) is 66.9 Å². The number of anilines is 3. The first kappa shape index (κ1) is 25.3. The smallest absolute Gasteiger partial charge is 0.0467 e. The zero-order valence-electron chi connectivity index (χ0n) is 33.5. The largest absolute Gasteiger partial charge is 0.310 e. The maximum absolute atomic E-state index is 9.05. The molecule has 0 unspecified atom stereocenters. The Morgan fingerprint density at radius 2 is 0.940 bits per heavy atom. The summed E-state index contributed by atoms with van der Waals surface area (Å²) in [7, 11) is 0. The van der Waals surface area contributed by atoms with Gasteiger partial charge in [0.1, 0.15) is 0 Å². The average molecular weight is 654 g/mol. The van der Waals surface area contributed by atoms with Crippen molar-refractivity contribution in [2.75, 3.05) is 4.90 Å². The van der Waals surface area contributed by atoms with E-state index in [0.29, 0.717) is 22.4 Å².